The van der Waals surface area contributed by atoms with Crippen LogP contribution < -0.4 is 0 Å². The van der Waals surface area contributed by atoms with Gasteiger partial charge < -0.3 is 9.47 Å². The van der Waals surface area contributed by atoms with E-state index in [-0.39, 0.29) is 5.97 Å². The van der Waals surface area contributed by atoms with Gasteiger partial charge in [-0.15, -0.1) is 0 Å². The number of carbonyl (C=O) groups is 1. The number of nitriles is 1. The van der Waals surface area contributed by atoms with Crippen molar-refractivity contribution in [3.05, 3.63) is 41.7 Å². The summed E-state index contributed by atoms with van der Waals surface area (Å²) in [6.45, 7) is 0. The molecule has 0 spiro atoms. The van der Waals surface area contributed by atoms with Crippen LogP contribution in [0.25, 0.3) is 5.57 Å². The first-order valence-corrected chi connectivity index (χ1v) is 6.02. The molecule has 100 valence electrons. The van der Waals surface area contributed by atoms with E-state index in [1.54, 1.807) is 0 Å². The maximum atomic E-state index is 11.0. The van der Waals surface area contributed by atoms with Gasteiger partial charge in [-0.1, -0.05) is 30.3 Å². The molecule has 0 fully saturated rings. The largest absolute Gasteiger partial charge is 0.500 e. The third-order valence-corrected chi connectivity index (χ3v) is 2.71. The highest BCUT2D eigenvalue weighted by atomic mass is 16.5. The molecule has 0 amide bonds. The Labute approximate surface area is 113 Å². The first-order valence-electron chi connectivity index (χ1n) is 6.02. The van der Waals surface area contributed by atoms with Gasteiger partial charge in [0.1, 0.15) is 11.8 Å². The molecule has 0 aliphatic heterocycles. The van der Waals surface area contributed by atoms with E-state index in [1.807, 2.05) is 30.3 Å². The smallest absolute Gasteiger partial charge is 0.305 e. The Bertz CT molecular complexity index is 486. The first kappa shape index (κ1) is 14.8. The Hall–Kier alpha value is -2.28. The highest BCUT2D eigenvalue weighted by Gasteiger charge is 2.10. The van der Waals surface area contributed by atoms with Crippen molar-refractivity contribution < 1.29 is 14.3 Å². The van der Waals surface area contributed by atoms with E-state index in [2.05, 4.69) is 10.8 Å². The molecule has 0 saturated heterocycles. The molecule has 0 aromatic heterocycles. The van der Waals surface area contributed by atoms with Gasteiger partial charge >= 0.3 is 5.97 Å². The Morgan fingerprint density at radius 3 is 2.37 bits per heavy atom. The lowest BCUT2D eigenvalue weighted by molar-refractivity contribution is -0.140. The van der Waals surface area contributed by atoms with Crippen molar-refractivity contribution in [2.75, 3.05) is 14.2 Å². The molecule has 0 aliphatic carbocycles. The Kier molecular flexibility index (Phi) is 6.17. The topological polar surface area (TPSA) is 59.3 Å². The highest BCUT2D eigenvalue weighted by Crippen LogP contribution is 2.22. The van der Waals surface area contributed by atoms with Crippen LogP contribution in [-0.4, -0.2) is 20.2 Å². The van der Waals surface area contributed by atoms with Gasteiger partial charge in [0.2, 0.25) is 0 Å². The van der Waals surface area contributed by atoms with Crippen LogP contribution in [0, 0.1) is 11.3 Å². The summed E-state index contributed by atoms with van der Waals surface area (Å²) in [5.74, 6) is 0.339. The van der Waals surface area contributed by atoms with Crippen LogP contribution in [0.3, 0.4) is 0 Å². The van der Waals surface area contributed by atoms with E-state index in [4.69, 9.17) is 4.74 Å². The fourth-order valence-electron chi connectivity index (χ4n) is 1.72. The summed E-state index contributed by atoms with van der Waals surface area (Å²) >= 11 is 0. The Morgan fingerprint density at radius 2 is 1.84 bits per heavy atom. The molecule has 0 aliphatic rings. The average molecular weight is 259 g/mol. The molecule has 4 heteroatoms. The van der Waals surface area contributed by atoms with Crippen molar-refractivity contribution in [1.82, 2.24) is 0 Å². The number of benzene rings is 1. The summed E-state index contributed by atoms with van der Waals surface area (Å²) in [5, 5.41) is 9.26. The van der Waals surface area contributed by atoms with Crippen LogP contribution >= 0.6 is 0 Å². The van der Waals surface area contributed by atoms with Gasteiger partial charge in [0.25, 0.3) is 0 Å². The van der Waals surface area contributed by atoms with Gasteiger partial charge in [0, 0.05) is 12.8 Å². The van der Waals surface area contributed by atoms with Gasteiger partial charge in [-0.05, 0) is 12.0 Å². The minimum absolute atomic E-state index is 0.256. The number of rotatable bonds is 6. The van der Waals surface area contributed by atoms with Gasteiger partial charge in [-0.2, -0.15) is 5.26 Å². The fraction of sp³-hybridized carbons (Fsp3) is 0.333. The normalized spacial score (nSPS) is 11.2. The van der Waals surface area contributed by atoms with E-state index >= 15 is 0 Å². The molecular weight excluding hydrogens is 242 g/mol. The Morgan fingerprint density at radius 1 is 1.16 bits per heavy atom. The zero-order valence-corrected chi connectivity index (χ0v) is 11.2. The van der Waals surface area contributed by atoms with E-state index in [1.165, 1.54) is 14.2 Å². The monoisotopic (exact) mass is 259 g/mol. The molecule has 1 aromatic carbocycles. The van der Waals surface area contributed by atoms with Gasteiger partial charge in [0.15, 0.2) is 0 Å². The minimum Gasteiger partial charge on any atom is -0.500 e. The summed E-state index contributed by atoms with van der Waals surface area (Å²) in [7, 11) is 2.90. The summed E-state index contributed by atoms with van der Waals surface area (Å²) in [5.41, 5.74) is 1.33. The first-order chi connectivity index (χ1) is 9.22. The third kappa shape index (κ3) is 4.47. The molecule has 1 aromatic rings. The number of allylic oxidation sites excluding steroid dienone is 2. The third-order valence-electron chi connectivity index (χ3n) is 2.71. The summed E-state index contributed by atoms with van der Waals surface area (Å²) in [4.78, 5) is 11.0. The van der Waals surface area contributed by atoms with Crippen LogP contribution in [0.4, 0.5) is 0 Å². The summed E-state index contributed by atoms with van der Waals surface area (Å²) < 4.78 is 9.85. The second-order valence-corrected chi connectivity index (χ2v) is 3.91. The molecule has 0 heterocycles. The molecule has 0 unspecified atom stereocenters. The standard InChI is InChI=1S/C15H17NO3/c1-18-14(9-6-10-15(17)19-2)13(11-16)12-7-4-3-5-8-12/h3-5,7-8H,6,9-10H2,1-2H3/b14-13+. The van der Waals surface area contributed by atoms with Crippen LogP contribution in [0.1, 0.15) is 24.8 Å². The predicted octanol–water partition coefficient (Wildman–Crippen LogP) is 2.91. The van der Waals surface area contributed by atoms with Crippen molar-refractivity contribution in [1.29, 1.82) is 5.26 Å². The number of ether oxygens (including phenoxy) is 2. The van der Waals surface area contributed by atoms with Gasteiger partial charge in [-0.3, -0.25) is 4.79 Å². The molecule has 0 radical (unpaired) electrons. The summed E-state index contributed by atoms with van der Waals surface area (Å²) in [6.07, 6.45) is 1.44. The molecule has 0 N–H and O–H groups in total. The number of methoxy groups -OCH3 is 2. The molecule has 1 rings (SSSR count). The molecule has 0 saturated carbocycles. The maximum Gasteiger partial charge on any atom is 0.305 e. The lowest BCUT2D eigenvalue weighted by Gasteiger charge is -2.09. The molecular formula is C15H17NO3. The van der Waals surface area contributed by atoms with Crippen LogP contribution in [0.2, 0.25) is 0 Å². The number of esters is 1. The van der Waals surface area contributed by atoms with E-state index in [0.29, 0.717) is 30.6 Å². The predicted molar refractivity (Wildman–Crippen MR) is 71.9 cm³/mol. The number of hydrogen-bond acceptors (Lipinski definition) is 4. The number of hydrogen-bond donors (Lipinski definition) is 0. The Balaban J connectivity index is 2.82. The summed E-state index contributed by atoms with van der Waals surface area (Å²) in [6, 6.07) is 11.5. The second-order valence-electron chi connectivity index (χ2n) is 3.91. The van der Waals surface area contributed by atoms with Crippen LogP contribution in [0.15, 0.2) is 36.1 Å². The number of nitrogens with zero attached hydrogens (tertiary/aromatic N) is 1. The lowest BCUT2D eigenvalue weighted by Crippen LogP contribution is -2.01. The van der Waals surface area contributed by atoms with E-state index in [0.717, 1.165) is 5.56 Å². The van der Waals surface area contributed by atoms with E-state index in [9.17, 15) is 10.1 Å². The maximum absolute atomic E-state index is 11.0. The molecule has 19 heavy (non-hydrogen) atoms. The second kappa shape index (κ2) is 7.93. The minimum atomic E-state index is -0.256. The SMILES string of the molecule is COC(=O)CCC/C(OC)=C(/C#N)c1ccccc1. The molecule has 4 nitrogen and oxygen atoms in total. The lowest BCUT2D eigenvalue weighted by atomic mass is 10.0. The van der Waals surface area contributed by atoms with Crippen molar-refractivity contribution in [3.8, 4) is 6.07 Å². The van der Waals surface area contributed by atoms with Crippen LogP contribution in [0.5, 0.6) is 0 Å². The zero-order chi connectivity index (χ0) is 14.1. The van der Waals surface area contributed by atoms with Crippen molar-refractivity contribution in [2.45, 2.75) is 19.3 Å². The van der Waals surface area contributed by atoms with E-state index < -0.39 is 0 Å². The fourth-order valence-corrected chi connectivity index (χ4v) is 1.72. The zero-order valence-electron chi connectivity index (χ0n) is 11.2. The van der Waals surface area contributed by atoms with Crippen molar-refractivity contribution >= 4 is 11.5 Å². The van der Waals surface area contributed by atoms with Gasteiger partial charge in [-0.25, -0.2) is 0 Å². The molecule has 0 atom stereocenters. The quantitative estimate of drug-likeness (QED) is 0.448. The van der Waals surface area contributed by atoms with Gasteiger partial charge in [0.05, 0.1) is 19.8 Å². The average Bonchev–Trinajstić information content (AvgIpc) is 2.47. The van der Waals surface area contributed by atoms with Crippen molar-refractivity contribution in [2.24, 2.45) is 0 Å². The number of carbonyl (C=O) groups excluding carboxylic acids is 1. The molecule has 0 bridgehead atoms. The van der Waals surface area contributed by atoms with Crippen molar-refractivity contribution in [3.63, 3.8) is 0 Å². The van der Waals surface area contributed by atoms with Crippen LogP contribution in [-0.2, 0) is 14.3 Å². The highest BCUT2D eigenvalue weighted by molar-refractivity contribution is 5.78.